The van der Waals surface area contributed by atoms with Crippen molar-refractivity contribution in [2.24, 2.45) is 0 Å². The van der Waals surface area contributed by atoms with E-state index in [-0.39, 0.29) is 24.1 Å². The fourth-order valence-electron chi connectivity index (χ4n) is 2.24. The van der Waals surface area contributed by atoms with Gasteiger partial charge < -0.3 is 10.1 Å². The normalized spacial score (nSPS) is 10.3. The van der Waals surface area contributed by atoms with Crippen molar-refractivity contribution in [2.45, 2.75) is 18.2 Å². The van der Waals surface area contributed by atoms with Gasteiger partial charge in [-0.05, 0) is 43.2 Å². The summed E-state index contributed by atoms with van der Waals surface area (Å²) in [6.45, 7) is 1.55. The molecule has 142 valence electrons. The van der Waals surface area contributed by atoms with Crippen LogP contribution in [0, 0.1) is 0 Å². The molecule has 0 saturated carbocycles. The molecule has 0 aliphatic carbocycles. The zero-order valence-electron chi connectivity index (χ0n) is 14.9. The molecule has 5 nitrogen and oxygen atoms in total. The van der Waals surface area contributed by atoms with Gasteiger partial charge in [0, 0.05) is 16.5 Å². The third-order valence-electron chi connectivity index (χ3n) is 3.50. The number of carbonyl (C=O) groups is 3. The summed E-state index contributed by atoms with van der Waals surface area (Å²) in [6, 6.07) is 14.2. The number of benzene rings is 2. The Hall–Kier alpha value is -2.31. The van der Waals surface area contributed by atoms with Gasteiger partial charge in [-0.15, -0.1) is 11.8 Å². The number of hydrogen-bond donors (Lipinski definition) is 1. The lowest BCUT2D eigenvalue weighted by Gasteiger charge is -2.09. The minimum absolute atomic E-state index is 0.0160. The summed E-state index contributed by atoms with van der Waals surface area (Å²) in [4.78, 5) is 35.9. The average Bonchev–Trinajstić information content (AvgIpc) is 2.64. The van der Waals surface area contributed by atoms with Crippen LogP contribution in [0.2, 0.25) is 5.02 Å². The molecule has 0 aromatic heterocycles. The molecule has 1 amide bonds. The Labute approximate surface area is 167 Å². The highest BCUT2D eigenvalue weighted by molar-refractivity contribution is 8.00. The number of Topliss-reactive ketones (excluding diaryl/α,β-unsaturated/α-hetero) is 1. The predicted octanol–water partition coefficient (Wildman–Crippen LogP) is 3.54. The first-order valence-corrected chi connectivity index (χ1v) is 9.71. The van der Waals surface area contributed by atoms with Crippen LogP contribution in [0.15, 0.2) is 53.4 Å². The van der Waals surface area contributed by atoms with E-state index in [9.17, 15) is 14.4 Å². The van der Waals surface area contributed by atoms with Crippen LogP contribution in [0.1, 0.15) is 22.8 Å². The lowest BCUT2D eigenvalue weighted by molar-refractivity contribution is -0.124. The Morgan fingerprint density at radius 2 is 1.89 bits per heavy atom. The van der Waals surface area contributed by atoms with E-state index in [0.717, 1.165) is 5.56 Å². The van der Waals surface area contributed by atoms with Gasteiger partial charge in [0.2, 0.25) is 0 Å². The van der Waals surface area contributed by atoms with Crippen molar-refractivity contribution in [3.05, 3.63) is 64.7 Å². The molecule has 0 heterocycles. The van der Waals surface area contributed by atoms with Crippen molar-refractivity contribution in [3.8, 4) is 0 Å². The number of nitrogens with one attached hydrogen (secondary N) is 1. The lowest BCUT2D eigenvalue weighted by Crippen LogP contribution is -2.30. The molecule has 0 aliphatic rings. The van der Waals surface area contributed by atoms with Crippen LogP contribution in [0.4, 0.5) is 0 Å². The van der Waals surface area contributed by atoms with Gasteiger partial charge in [-0.1, -0.05) is 35.9 Å². The van der Waals surface area contributed by atoms with Crippen LogP contribution in [-0.4, -0.2) is 36.6 Å². The summed E-state index contributed by atoms with van der Waals surface area (Å²) in [6.07, 6.45) is 0.630. The van der Waals surface area contributed by atoms with Crippen molar-refractivity contribution in [2.75, 3.05) is 18.9 Å². The molecule has 0 bridgehead atoms. The lowest BCUT2D eigenvalue weighted by atomic mass is 10.1. The van der Waals surface area contributed by atoms with Crippen LogP contribution in [0.25, 0.3) is 0 Å². The van der Waals surface area contributed by atoms with Gasteiger partial charge in [-0.3, -0.25) is 9.59 Å². The minimum Gasteiger partial charge on any atom is -0.452 e. The number of hydrogen-bond acceptors (Lipinski definition) is 5. The molecule has 1 N–H and O–H groups in total. The Bertz CT molecular complexity index is 825. The Morgan fingerprint density at radius 3 is 2.63 bits per heavy atom. The van der Waals surface area contributed by atoms with E-state index in [1.807, 2.05) is 18.2 Å². The number of ketones is 1. The van der Waals surface area contributed by atoms with Gasteiger partial charge in [0.25, 0.3) is 5.91 Å². The summed E-state index contributed by atoms with van der Waals surface area (Å²) in [5.74, 6) is -0.679. The third kappa shape index (κ3) is 7.45. The molecule has 2 aromatic carbocycles. The van der Waals surface area contributed by atoms with Gasteiger partial charge in [-0.25, -0.2) is 4.79 Å². The highest BCUT2D eigenvalue weighted by Crippen LogP contribution is 2.23. The molecule has 0 radical (unpaired) electrons. The van der Waals surface area contributed by atoms with Gasteiger partial charge in [0.1, 0.15) is 5.78 Å². The molecule has 2 aromatic rings. The number of esters is 1. The maximum Gasteiger partial charge on any atom is 0.339 e. The van der Waals surface area contributed by atoms with E-state index >= 15 is 0 Å². The van der Waals surface area contributed by atoms with E-state index in [4.69, 9.17) is 16.3 Å². The highest BCUT2D eigenvalue weighted by atomic mass is 35.5. The second-order valence-corrected chi connectivity index (χ2v) is 7.25. The molecule has 0 atom stereocenters. The van der Waals surface area contributed by atoms with Crippen molar-refractivity contribution in [1.82, 2.24) is 5.32 Å². The van der Waals surface area contributed by atoms with Gasteiger partial charge in [0.05, 0.1) is 11.3 Å². The number of ether oxygens (including phenoxy) is 1. The summed E-state index contributed by atoms with van der Waals surface area (Å²) in [5.41, 5.74) is 1.35. The number of thioether (sulfide) groups is 1. The molecule has 27 heavy (non-hydrogen) atoms. The molecule has 0 saturated heterocycles. The van der Waals surface area contributed by atoms with Crippen LogP contribution < -0.4 is 5.32 Å². The standard InChI is InChI=1S/C20H20ClNO4S/c1-14(23)13-27-18-8-3-2-7-17(18)20(25)26-12-19(24)22-10-9-15-5-4-6-16(21)11-15/h2-8,11H,9-10,12-13H2,1H3,(H,22,24). The second-order valence-electron chi connectivity index (χ2n) is 5.79. The van der Waals surface area contributed by atoms with Crippen LogP contribution in [0.3, 0.4) is 0 Å². The zero-order chi connectivity index (χ0) is 19.6. The summed E-state index contributed by atoms with van der Waals surface area (Å²) in [7, 11) is 0. The van der Waals surface area contributed by atoms with Crippen LogP contribution in [-0.2, 0) is 20.7 Å². The molecular weight excluding hydrogens is 386 g/mol. The molecule has 0 aliphatic heterocycles. The van der Waals surface area contributed by atoms with Crippen molar-refractivity contribution >= 4 is 41.0 Å². The maximum atomic E-state index is 12.2. The third-order valence-corrected chi connectivity index (χ3v) is 4.95. The van der Waals surface area contributed by atoms with Gasteiger partial charge in [0.15, 0.2) is 6.61 Å². The van der Waals surface area contributed by atoms with Gasteiger partial charge in [-0.2, -0.15) is 0 Å². The Balaban J connectivity index is 1.79. The second kappa shape index (κ2) is 10.7. The van der Waals surface area contributed by atoms with E-state index in [1.54, 1.807) is 30.3 Å². The summed E-state index contributed by atoms with van der Waals surface area (Å²) >= 11 is 7.18. The van der Waals surface area contributed by atoms with Gasteiger partial charge >= 0.3 is 5.97 Å². The molecule has 7 heteroatoms. The largest absolute Gasteiger partial charge is 0.452 e. The average molecular weight is 406 g/mol. The predicted molar refractivity (Wildman–Crippen MR) is 106 cm³/mol. The van der Waals surface area contributed by atoms with Crippen molar-refractivity contribution in [1.29, 1.82) is 0 Å². The first kappa shape index (κ1) is 21.0. The number of carbonyl (C=O) groups excluding carboxylic acids is 3. The number of rotatable bonds is 9. The van der Waals surface area contributed by atoms with E-state index in [1.165, 1.54) is 18.7 Å². The quantitative estimate of drug-likeness (QED) is 0.510. The van der Waals surface area contributed by atoms with Crippen molar-refractivity contribution < 1.29 is 19.1 Å². The SMILES string of the molecule is CC(=O)CSc1ccccc1C(=O)OCC(=O)NCCc1cccc(Cl)c1. The van der Waals surface area contributed by atoms with Crippen LogP contribution in [0.5, 0.6) is 0 Å². The zero-order valence-corrected chi connectivity index (χ0v) is 16.4. The number of amides is 1. The van der Waals surface area contributed by atoms with E-state index in [0.29, 0.717) is 28.4 Å². The molecule has 2 rings (SSSR count). The minimum atomic E-state index is -0.591. The summed E-state index contributed by atoms with van der Waals surface area (Å²) in [5, 5.41) is 3.35. The molecular formula is C20H20ClNO4S. The highest BCUT2D eigenvalue weighted by Gasteiger charge is 2.15. The number of halogens is 1. The monoisotopic (exact) mass is 405 g/mol. The maximum absolute atomic E-state index is 12.2. The first-order valence-electron chi connectivity index (χ1n) is 8.35. The fraction of sp³-hybridized carbons (Fsp3) is 0.250. The molecule has 0 unspecified atom stereocenters. The van der Waals surface area contributed by atoms with Crippen LogP contribution >= 0.6 is 23.4 Å². The first-order chi connectivity index (χ1) is 13.0. The summed E-state index contributed by atoms with van der Waals surface area (Å²) < 4.78 is 5.09. The van der Waals surface area contributed by atoms with E-state index in [2.05, 4.69) is 5.32 Å². The molecule has 0 fully saturated rings. The topological polar surface area (TPSA) is 72.5 Å². The smallest absolute Gasteiger partial charge is 0.339 e. The Morgan fingerprint density at radius 1 is 1.11 bits per heavy atom. The Kier molecular flexibility index (Phi) is 8.36. The fourth-order valence-corrected chi connectivity index (χ4v) is 3.29. The molecule has 0 spiro atoms. The van der Waals surface area contributed by atoms with Crippen molar-refractivity contribution in [3.63, 3.8) is 0 Å². The van der Waals surface area contributed by atoms with E-state index < -0.39 is 5.97 Å².